The highest BCUT2D eigenvalue weighted by atomic mass is 16.7. The average Bonchev–Trinajstić information content (AvgIpc) is 3.30. The second-order valence-corrected chi connectivity index (χ2v) is 6.04. The molecule has 1 N–H and O–H groups in total. The quantitative estimate of drug-likeness (QED) is 0.844. The largest absolute Gasteiger partial charge is 0.488 e. The Labute approximate surface area is 149 Å². The highest BCUT2D eigenvalue weighted by Crippen LogP contribution is 2.32. The minimum absolute atomic E-state index is 0.169. The summed E-state index contributed by atoms with van der Waals surface area (Å²) in [5.74, 6) is 1.33. The second kappa shape index (κ2) is 6.59. The first-order valence-corrected chi connectivity index (χ1v) is 8.20. The first-order valence-electron chi connectivity index (χ1n) is 8.20. The van der Waals surface area contributed by atoms with Crippen molar-refractivity contribution in [2.24, 2.45) is 0 Å². The number of fused-ring (bicyclic) bond motifs is 2. The van der Waals surface area contributed by atoms with Crippen molar-refractivity contribution in [3.63, 3.8) is 0 Å². The van der Waals surface area contributed by atoms with E-state index in [4.69, 9.17) is 18.9 Å². The molecule has 7 nitrogen and oxygen atoms in total. The molecule has 0 radical (unpaired) electrons. The van der Waals surface area contributed by atoms with Crippen LogP contribution in [0.15, 0.2) is 36.4 Å². The lowest BCUT2D eigenvalue weighted by Crippen LogP contribution is -2.34. The molecule has 2 heterocycles. The molecular formula is C19H17NO6. The summed E-state index contributed by atoms with van der Waals surface area (Å²) in [4.78, 5) is 23.9. The van der Waals surface area contributed by atoms with Crippen molar-refractivity contribution in [3.8, 4) is 17.2 Å². The molecular weight excluding hydrogens is 338 g/mol. The predicted molar refractivity (Wildman–Crippen MR) is 90.8 cm³/mol. The van der Waals surface area contributed by atoms with Gasteiger partial charge in [0, 0.05) is 12.0 Å². The topological polar surface area (TPSA) is 83.1 Å². The summed E-state index contributed by atoms with van der Waals surface area (Å²) in [6.07, 6.45) is 0.428. The van der Waals surface area contributed by atoms with Crippen molar-refractivity contribution in [3.05, 3.63) is 53.1 Å². The van der Waals surface area contributed by atoms with Gasteiger partial charge in [-0.25, -0.2) is 4.79 Å². The monoisotopic (exact) mass is 355 g/mol. The molecule has 26 heavy (non-hydrogen) atoms. The Bertz CT molecular complexity index is 878. The summed E-state index contributed by atoms with van der Waals surface area (Å²) in [5, 5.41) is 2.86. The zero-order valence-electron chi connectivity index (χ0n) is 14.1. The standard InChI is InChI=1S/C19H17NO6/c1-23-19(22)12-3-4-15-13(6-12)7-14(26-15)9-20-18(21)11-2-5-16-17(8-11)25-10-24-16/h2-6,8,14H,7,9-10H2,1H3,(H,20,21). The molecule has 2 aliphatic rings. The van der Waals surface area contributed by atoms with Gasteiger partial charge in [0.05, 0.1) is 19.2 Å². The molecule has 0 aliphatic carbocycles. The van der Waals surface area contributed by atoms with Crippen LogP contribution >= 0.6 is 0 Å². The summed E-state index contributed by atoms with van der Waals surface area (Å²) in [5.41, 5.74) is 1.91. The molecule has 7 heteroatoms. The van der Waals surface area contributed by atoms with Crippen LogP contribution in [0.3, 0.4) is 0 Å². The molecule has 0 fully saturated rings. The normalized spacial score (nSPS) is 16.6. The molecule has 2 aromatic rings. The number of esters is 1. The summed E-state index contributed by atoms with van der Waals surface area (Å²) in [6.45, 7) is 0.525. The minimum Gasteiger partial charge on any atom is -0.488 e. The van der Waals surface area contributed by atoms with Gasteiger partial charge in [0.25, 0.3) is 5.91 Å². The smallest absolute Gasteiger partial charge is 0.337 e. The van der Waals surface area contributed by atoms with E-state index in [0.29, 0.717) is 35.6 Å². The lowest BCUT2D eigenvalue weighted by atomic mass is 10.1. The van der Waals surface area contributed by atoms with E-state index in [9.17, 15) is 9.59 Å². The van der Waals surface area contributed by atoms with Crippen LogP contribution in [0.25, 0.3) is 0 Å². The van der Waals surface area contributed by atoms with Gasteiger partial charge in [0.15, 0.2) is 11.5 Å². The predicted octanol–water partition coefficient (Wildman–Crippen LogP) is 1.94. The van der Waals surface area contributed by atoms with Crippen LogP contribution in [0.4, 0.5) is 0 Å². The Morgan fingerprint density at radius 3 is 2.69 bits per heavy atom. The van der Waals surface area contributed by atoms with Crippen LogP contribution < -0.4 is 19.5 Å². The molecule has 2 aliphatic heterocycles. The van der Waals surface area contributed by atoms with Crippen LogP contribution in [0.2, 0.25) is 0 Å². The first-order chi connectivity index (χ1) is 12.6. The van der Waals surface area contributed by atoms with E-state index in [0.717, 1.165) is 11.3 Å². The molecule has 1 atom stereocenters. The Kier molecular flexibility index (Phi) is 4.12. The highest BCUT2D eigenvalue weighted by Gasteiger charge is 2.25. The average molecular weight is 355 g/mol. The van der Waals surface area contributed by atoms with E-state index in [2.05, 4.69) is 5.32 Å². The van der Waals surface area contributed by atoms with Crippen LogP contribution in [-0.4, -0.2) is 38.4 Å². The number of ether oxygens (including phenoxy) is 4. The Morgan fingerprint density at radius 1 is 1.08 bits per heavy atom. The van der Waals surface area contributed by atoms with E-state index in [1.807, 2.05) is 0 Å². The Hall–Kier alpha value is -3.22. The van der Waals surface area contributed by atoms with Crippen molar-refractivity contribution in [2.75, 3.05) is 20.4 Å². The van der Waals surface area contributed by atoms with Gasteiger partial charge in [0.2, 0.25) is 6.79 Å². The van der Waals surface area contributed by atoms with Gasteiger partial charge < -0.3 is 24.3 Å². The number of hydrogen-bond donors (Lipinski definition) is 1. The van der Waals surface area contributed by atoms with Crippen molar-refractivity contribution < 1.29 is 28.5 Å². The van der Waals surface area contributed by atoms with Gasteiger partial charge in [-0.2, -0.15) is 0 Å². The molecule has 1 unspecified atom stereocenters. The van der Waals surface area contributed by atoms with Crippen LogP contribution in [0.5, 0.6) is 17.2 Å². The first kappa shape index (κ1) is 16.3. The van der Waals surface area contributed by atoms with Crippen LogP contribution in [-0.2, 0) is 11.2 Å². The number of amides is 1. The summed E-state index contributed by atoms with van der Waals surface area (Å²) in [6, 6.07) is 10.2. The van der Waals surface area contributed by atoms with Gasteiger partial charge >= 0.3 is 5.97 Å². The van der Waals surface area contributed by atoms with E-state index in [-0.39, 0.29) is 24.8 Å². The maximum absolute atomic E-state index is 12.3. The van der Waals surface area contributed by atoms with Crippen molar-refractivity contribution in [1.29, 1.82) is 0 Å². The summed E-state index contributed by atoms with van der Waals surface area (Å²) in [7, 11) is 1.35. The number of carbonyl (C=O) groups is 2. The highest BCUT2D eigenvalue weighted by molar-refractivity contribution is 5.95. The number of benzene rings is 2. The molecule has 1 amide bonds. The molecule has 0 saturated carbocycles. The van der Waals surface area contributed by atoms with Crippen molar-refractivity contribution >= 4 is 11.9 Å². The maximum Gasteiger partial charge on any atom is 0.337 e. The van der Waals surface area contributed by atoms with Gasteiger partial charge in [-0.3, -0.25) is 4.79 Å². The van der Waals surface area contributed by atoms with Gasteiger partial charge in [-0.15, -0.1) is 0 Å². The molecule has 0 saturated heterocycles. The number of nitrogens with one attached hydrogen (secondary N) is 1. The van der Waals surface area contributed by atoms with Gasteiger partial charge in [-0.1, -0.05) is 0 Å². The maximum atomic E-state index is 12.3. The molecule has 2 aromatic carbocycles. The second-order valence-electron chi connectivity index (χ2n) is 6.04. The third-order valence-electron chi connectivity index (χ3n) is 4.35. The Balaban J connectivity index is 1.37. The fourth-order valence-corrected chi connectivity index (χ4v) is 3.03. The molecule has 4 rings (SSSR count). The van der Waals surface area contributed by atoms with Crippen LogP contribution in [0.1, 0.15) is 26.3 Å². The lowest BCUT2D eigenvalue weighted by molar-refractivity contribution is 0.0600. The number of carbonyl (C=O) groups excluding carboxylic acids is 2. The van der Waals surface area contributed by atoms with E-state index in [1.54, 1.807) is 36.4 Å². The Morgan fingerprint density at radius 2 is 1.85 bits per heavy atom. The zero-order valence-corrected chi connectivity index (χ0v) is 14.1. The SMILES string of the molecule is COC(=O)c1ccc2c(c1)CC(CNC(=O)c1ccc3c(c1)OCO3)O2. The number of hydrogen-bond acceptors (Lipinski definition) is 6. The molecule has 0 bridgehead atoms. The van der Waals surface area contributed by atoms with Gasteiger partial charge in [0.1, 0.15) is 11.9 Å². The zero-order chi connectivity index (χ0) is 18.1. The minimum atomic E-state index is -0.382. The van der Waals surface area contributed by atoms with Crippen molar-refractivity contribution in [1.82, 2.24) is 5.32 Å². The van der Waals surface area contributed by atoms with Gasteiger partial charge in [-0.05, 0) is 42.0 Å². The molecule has 134 valence electrons. The number of methoxy groups -OCH3 is 1. The summed E-state index contributed by atoms with van der Waals surface area (Å²) < 4.78 is 21.1. The fourth-order valence-electron chi connectivity index (χ4n) is 3.03. The lowest BCUT2D eigenvalue weighted by Gasteiger charge is -2.12. The van der Waals surface area contributed by atoms with Crippen LogP contribution in [0, 0.1) is 0 Å². The van der Waals surface area contributed by atoms with E-state index in [1.165, 1.54) is 7.11 Å². The third kappa shape index (κ3) is 3.03. The fraction of sp³-hybridized carbons (Fsp3) is 0.263. The molecule has 0 aromatic heterocycles. The van der Waals surface area contributed by atoms with E-state index >= 15 is 0 Å². The summed E-state index contributed by atoms with van der Waals surface area (Å²) >= 11 is 0. The van der Waals surface area contributed by atoms with Crippen molar-refractivity contribution in [2.45, 2.75) is 12.5 Å². The molecule has 0 spiro atoms. The third-order valence-corrected chi connectivity index (χ3v) is 4.35. The number of rotatable bonds is 4. The van der Waals surface area contributed by atoms with E-state index < -0.39 is 0 Å².